The van der Waals surface area contributed by atoms with E-state index in [1.165, 1.54) is 0 Å². The molecular formula is C25H22ClN7O. The van der Waals surface area contributed by atoms with Crippen LogP contribution in [0.5, 0.6) is 0 Å². The van der Waals surface area contributed by atoms with Crippen LogP contribution in [0.25, 0.3) is 32.9 Å². The van der Waals surface area contributed by atoms with Crippen molar-refractivity contribution >= 4 is 39.2 Å². The van der Waals surface area contributed by atoms with Gasteiger partial charge < -0.3 is 9.88 Å². The molecule has 5 aromatic rings. The first kappa shape index (κ1) is 20.8. The molecule has 1 atom stereocenters. The zero-order chi connectivity index (χ0) is 23.4. The van der Waals surface area contributed by atoms with Crippen LogP contribution >= 0.6 is 11.6 Å². The van der Waals surface area contributed by atoms with Crippen LogP contribution in [-0.2, 0) is 7.05 Å². The Balaban J connectivity index is 1.50. The number of halogens is 1. The second-order valence-electron chi connectivity index (χ2n) is 8.73. The van der Waals surface area contributed by atoms with Gasteiger partial charge >= 0.3 is 0 Å². The minimum atomic E-state index is -0.212. The van der Waals surface area contributed by atoms with Crippen molar-refractivity contribution in [2.75, 3.05) is 5.32 Å². The van der Waals surface area contributed by atoms with E-state index in [2.05, 4.69) is 31.4 Å². The Hall–Kier alpha value is -3.78. The lowest BCUT2D eigenvalue weighted by atomic mass is 10.00. The van der Waals surface area contributed by atoms with Gasteiger partial charge in [-0.15, -0.1) is 0 Å². The highest BCUT2D eigenvalue weighted by Crippen LogP contribution is 2.38. The second kappa shape index (κ2) is 7.92. The molecule has 1 unspecified atom stereocenters. The third kappa shape index (κ3) is 3.51. The highest BCUT2D eigenvalue weighted by atomic mass is 35.5. The SMILES string of the molecule is CC(Nc1nc(Cl)nc2cccnc12)c1cc2cccc(-c3cnn(C)c3)c2c(=O)n1C1CC1. The van der Waals surface area contributed by atoms with Gasteiger partial charge in [0.2, 0.25) is 5.28 Å². The summed E-state index contributed by atoms with van der Waals surface area (Å²) in [4.78, 5) is 27.0. The summed E-state index contributed by atoms with van der Waals surface area (Å²) < 4.78 is 3.69. The minimum Gasteiger partial charge on any atom is -0.360 e. The number of aromatic nitrogens is 6. The van der Waals surface area contributed by atoms with E-state index in [1.54, 1.807) is 17.1 Å². The second-order valence-corrected chi connectivity index (χ2v) is 9.06. The zero-order valence-corrected chi connectivity index (χ0v) is 19.5. The Morgan fingerprint density at radius 3 is 2.79 bits per heavy atom. The van der Waals surface area contributed by atoms with Crippen molar-refractivity contribution in [3.8, 4) is 11.1 Å². The number of hydrogen-bond acceptors (Lipinski definition) is 6. The van der Waals surface area contributed by atoms with E-state index in [9.17, 15) is 4.79 Å². The maximum atomic E-state index is 13.9. The van der Waals surface area contributed by atoms with Crippen molar-refractivity contribution in [2.45, 2.75) is 31.8 Å². The van der Waals surface area contributed by atoms with Crippen LogP contribution in [0.15, 0.2) is 59.8 Å². The molecule has 1 aromatic carbocycles. The van der Waals surface area contributed by atoms with Gasteiger partial charge in [0.15, 0.2) is 5.82 Å². The first-order chi connectivity index (χ1) is 16.5. The summed E-state index contributed by atoms with van der Waals surface area (Å²) in [6.07, 6.45) is 7.41. The average molecular weight is 472 g/mol. The fourth-order valence-corrected chi connectivity index (χ4v) is 4.73. The number of benzene rings is 1. The van der Waals surface area contributed by atoms with Gasteiger partial charge in [0.1, 0.15) is 5.52 Å². The van der Waals surface area contributed by atoms with Gasteiger partial charge in [-0.1, -0.05) is 18.2 Å². The monoisotopic (exact) mass is 471 g/mol. The van der Waals surface area contributed by atoms with Crippen molar-refractivity contribution in [1.82, 2.24) is 29.3 Å². The number of aryl methyl sites for hydroxylation is 1. The quantitative estimate of drug-likeness (QED) is 0.366. The molecule has 0 aliphatic heterocycles. The number of hydrogen-bond donors (Lipinski definition) is 1. The number of anilines is 1. The third-order valence-corrected chi connectivity index (χ3v) is 6.43. The summed E-state index contributed by atoms with van der Waals surface area (Å²) in [6.45, 7) is 2.02. The summed E-state index contributed by atoms with van der Waals surface area (Å²) >= 11 is 6.17. The topological polar surface area (TPSA) is 90.5 Å². The Morgan fingerprint density at radius 2 is 2.03 bits per heavy atom. The van der Waals surface area contributed by atoms with Gasteiger partial charge in [0.25, 0.3) is 5.56 Å². The highest BCUT2D eigenvalue weighted by molar-refractivity contribution is 6.28. The largest absolute Gasteiger partial charge is 0.360 e. The molecule has 4 aromatic heterocycles. The molecule has 1 N–H and O–H groups in total. The molecule has 0 saturated heterocycles. The van der Waals surface area contributed by atoms with Crippen LogP contribution in [0.2, 0.25) is 5.28 Å². The number of nitrogens with one attached hydrogen (secondary N) is 1. The molecule has 34 heavy (non-hydrogen) atoms. The van der Waals surface area contributed by atoms with Crippen molar-refractivity contribution in [3.05, 3.63) is 76.3 Å². The molecule has 8 nitrogen and oxygen atoms in total. The lowest BCUT2D eigenvalue weighted by Gasteiger charge is -2.22. The molecule has 1 saturated carbocycles. The number of nitrogens with zero attached hydrogens (tertiary/aromatic N) is 6. The van der Waals surface area contributed by atoms with Crippen LogP contribution < -0.4 is 10.9 Å². The molecule has 170 valence electrons. The molecule has 1 aliphatic carbocycles. The average Bonchev–Trinajstić information content (AvgIpc) is 3.57. The standard InChI is InChI=1S/C25H22ClN7O/c1-14(29-23-22-19(7-4-10-27-22)30-25(26)31-23)20-11-15-5-3-6-18(16-12-28-32(2)13-16)21(15)24(34)33(20)17-8-9-17/h3-7,10-14,17H,8-9H2,1-2H3,(H,29,30,31). The van der Waals surface area contributed by atoms with Crippen molar-refractivity contribution in [3.63, 3.8) is 0 Å². The number of rotatable bonds is 5. The van der Waals surface area contributed by atoms with Gasteiger partial charge in [-0.25, -0.2) is 4.98 Å². The molecule has 9 heteroatoms. The predicted molar refractivity (Wildman–Crippen MR) is 133 cm³/mol. The number of fused-ring (bicyclic) bond motifs is 2. The molecule has 6 rings (SSSR count). The van der Waals surface area contributed by atoms with Crippen molar-refractivity contribution < 1.29 is 0 Å². The zero-order valence-electron chi connectivity index (χ0n) is 18.7. The molecule has 1 aliphatic rings. The first-order valence-corrected chi connectivity index (χ1v) is 11.6. The van der Waals surface area contributed by atoms with E-state index in [4.69, 9.17) is 11.6 Å². The smallest absolute Gasteiger partial charge is 0.259 e. The van der Waals surface area contributed by atoms with E-state index >= 15 is 0 Å². The van der Waals surface area contributed by atoms with Crippen molar-refractivity contribution in [2.24, 2.45) is 7.05 Å². The minimum absolute atomic E-state index is 0.0202. The molecule has 0 amide bonds. The lowest BCUT2D eigenvalue weighted by Crippen LogP contribution is -2.26. The van der Waals surface area contributed by atoms with E-state index < -0.39 is 0 Å². The van der Waals surface area contributed by atoms with Gasteiger partial charge in [-0.3, -0.25) is 14.5 Å². The van der Waals surface area contributed by atoms with Gasteiger partial charge in [-0.2, -0.15) is 10.1 Å². The Bertz CT molecular complexity index is 1620. The summed E-state index contributed by atoms with van der Waals surface area (Å²) in [5.41, 5.74) is 4.05. The van der Waals surface area contributed by atoms with E-state index in [1.807, 2.05) is 55.1 Å². The molecule has 1 fully saturated rings. The maximum Gasteiger partial charge on any atom is 0.259 e. The molecular weight excluding hydrogens is 450 g/mol. The van der Waals surface area contributed by atoms with E-state index in [-0.39, 0.29) is 22.9 Å². The fraction of sp³-hybridized carbons (Fsp3) is 0.240. The van der Waals surface area contributed by atoms with Gasteiger partial charge in [0, 0.05) is 36.7 Å². The lowest BCUT2D eigenvalue weighted by molar-refractivity contribution is 0.636. The first-order valence-electron chi connectivity index (χ1n) is 11.2. The van der Waals surface area contributed by atoms with Crippen molar-refractivity contribution in [1.29, 1.82) is 0 Å². The Kier molecular flexibility index (Phi) is 4.84. The molecule has 0 radical (unpaired) electrons. The Labute approximate surface area is 200 Å². The van der Waals surface area contributed by atoms with Crippen LogP contribution in [0, 0.1) is 0 Å². The van der Waals surface area contributed by atoms with E-state index in [0.717, 1.165) is 40.4 Å². The van der Waals surface area contributed by atoms with Gasteiger partial charge in [0.05, 0.1) is 23.1 Å². The summed E-state index contributed by atoms with van der Waals surface area (Å²) in [5, 5.41) is 9.49. The van der Waals surface area contributed by atoms with E-state index in [0.29, 0.717) is 16.9 Å². The summed E-state index contributed by atoms with van der Waals surface area (Å²) in [6, 6.07) is 11.7. The summed E-state index contributed by atoms with van der Waals surface area (Å²) in [5.74, 6) is 0.544. The normalized spacial score (nSPS) is 14.6. The van der Waals surface area contributed by atoms with Crippen LogP contribution in [-0.4, -0.2) is 29.3 Å². The molecule has 4 heterocycles. The maximum absolute atomic E-state index is 13.9. The van der Waals surface area contributed by atoms with Crippen LogP contribution in [0.3, 0.4) is 0 Å². The molecule has 0 bridgehead atoms. The summed E-state index contributed by atoms with van der Waals surface area (Å²) in [7, 11) is 1.88. The molecule has 0 spiro atoms. The highest BCUT2D eigenvalue weighted by Gasteiger charge is 2.30. The third-order valence-electron chi connectivity index (χ3n) is 6.26. The fourth-order valence-electron chi connectivity index (χ4n) is 4.56. The Morgan fingerprint density at radius 1 is 1.18 bits per heavy atom. The predicted octanol–water partition coefficient (Wildman–Crippen LogP) is 4.90. The van der Waals surface area contributed by atoms with Crippen LogP contribution in [0.1, 0.15) is 37.5 Å². The van der Waals surface area contributed by atoms with Crippen LogP contribution in [0.4, 0.5) is 5.82 Å². The van der Waals surface area contributed by atoms with Gasteiger partial charge in [-0.05, 0) is 60.5 Å². The number of pyridine rings is 2.